The van der Waals surface area contributed by atoms with E-state index in [0.717, 1.165) is 21.5 Å². The van der Waals surface area contributed by atoms with Gasteiger partial charge in [-0.25, -0.2) is 0 Å². The smallest absolute Gasteiger partial charge is 0.0575 e. The van der Waals surface area contributed by atoms with Crippen LogP contribution in [0.2, 0.25) is 5.02 Å². The number of aryl methyl sites for hydroxylation is 1. The van der Waals surface area contributed by atoms with Gasteiger partial charge in [0.05, 0.1) is 6.04 Å². The van der Waals surface area contributed by atoms with E-state index in [1.54, 1.807) is 0 Å². The zero-order chi connectivity index (χ0) is 14.5. The molecule has 3 heteroatoms. The molecular formula is C17H19BrClN. The molecule has 0 aliphatic heterocycles. The van der Waals surface area contributed by atoms with Gasteiger partial charge in [0.25, 0.3) is 0 Å². The molecule has 20 heavy (non-hydrogen) atoms. The lowest BCUT2D eigenvalue weighted by molar-refractivity contribution is 0.691. The van der Waals surface area contributed by atoms with Crippen molar-refractivity contribution in [2.45, 2.75) is 25.8 Å². The standard InChI is InChI=1S/C17H19BrClN/c1-3-4-12-5-7-13(8-6-12)17(20-2)14-9-15(18)11-16(19)10-14/h5-11,17,20H,3-4H2,1-2H3. The first-order valence-corrected chi connectivity index (χ1v) is 8.03. The maximum atomic E-state index is 6.15. The van der Waals surface area contributed by atoms with E-state index in [1.165, 1.54) is 17.5 Å². The summed E-state index contributed by atoms with van der Waals surface area (Å²) in [6, 6.07) is 15.0. The quantitative estimate of drug-likeness (QED) is 0.763. The van der Waals surface area contributed by atoms with Crippen molar-refractivity contribution in [1.29, 1.82) is 0 Å². The molecule has 0 heterocycles. The molecule has 0 saturated heterocycles. The van der Waals surface area contributed by atoms with Crippen LogP contribution in [0.4, 0.5) is 0 Å². The lowest BCUT2D eigenvalue weighted by Crippen LogP contribution is -2.17. The van der Waals surface area contributed by atoms with Gasteiger partial charge in [-0.15, -0.1) is 0 Å². The minimum Gasteiger partial charge on any atom is -0.309 e. The van der Waals surface area contributed by atoms with Crippen LogP contribution in [0, 0.1) is 0 Å². The van der Waals surface area contributed by atoms with Crippen LogP contribution >= 0.6 is 27.5 Å². The fourth-order valence-corrected chi connectivity index (χ4v) is 3.32. The maximum Gasteiger partial charge on any atom is 0.0575 e. The minimum atomic E-state index is 0.153. The Morgan fingerprint density at radius 3 is 2.35 bits per heavy atom. The molecule has 106 valence electrons. The van der Waals surface area contributed by atoms with Crippen molar-refractivity contribution >= 4 is 27.5 Å². The summed E-state index contributed by atoms with van der Waals surface area (Å²) in [4.78, 5) is 0. The summed E-state index contributed by atoms with van der Waals surface area (Å²) in [5.41, 5.74) is 3.80. The normalized spacial score (nSPS) is 12.4. The van der Waals surface area contributed by atoms with Crippen molar-refractivity contribution in [3.63, 3.8) is 0 Å². The van der Waals surface area contributed by atoms with Crippen LogP contribution in [0.3, 0.4) is 0 Å². The molecule has 0 aliphatic rings. The highest BCUT2D eigenvalue weighted by molar-refractivity contribution is 9.10. The molecule has 1 nitrogen and oxygen atoms in total. The number of benzene rings is 2. The molecule has 0 spiro atoms. The lowest BCUT2D eigenvalue weighted by atomic mass is 9.97. The molecular weight excluding hydrogens is 334 g/mol. The van der Waals surface area contributed by atoms with Crippen LogP contribution in [-0.4, -0.2) is 7.05 Å². The molecule has 0 saturated carbocycles. The second-order valence-corrected chi connectivity index (χ2v) is 6.27. The Labute approximate surface area is 134 Å². The van der Waals surface area contributed by atoms with Crippen molar-refractivity contribution in [2.75, 3.05) is 7.05 Å². The molecule has 0 fully saturated rings. The molecule has 1 unspecified atom stereocenters. The molecule has 0 aromatic heterocycles. The van der Waals surface area contributed by atoms with Gasteiger partial charge in [-0.3, -0.25) is 0 Å². The van der Waals surface area contributed by atoms with Crippen molar-refractivity contribution in [3.8, 4) is 0 Å². The fourth-order valence-electron chi connectivity index (χ4n) is 2.43. The molecule has 2 rings (SSSR count). The predicted molar refractivity (Wildman–Crippen MR) is 90.5 cm³/mol. The Kier molecular flexibility index (Phi) is 5.64. The van der Waals surface area contributed by atoms with Gasteiger partial charge in [0, 0.05) is 9.50 Å². The third-order valence-electron chi connectivity index (χ3n) is 3.36. The summed E-state index contributed by atoms with van der Waals surface area (Å²) in [6.45, 7) is 2.20. The Morgan fingerprint density at radius 2 is 1.80 bits per heavy atom. The Hall–Kier alpha value is -0.830. The summed E-state index contributed by atoms with van der Waals surface area (Å²) in [6.07, 6.45) is 2.31. The van der Waals surface area contributed by atoms with E-state index in [9.17, 15) is 0 Å². The van der Waals surface area contributed by atoms with Crippen LogP contribution in [0.5, 0.6) is 0 Å². The van der Waals surface area contributed by atoms with E-state index in [-0.39, 0.29) is 6.04 Å². The number of hydrogen-bond donors (Lipinski definition) is 1. The van der Waals surface area contributed by atoms with Gasteiger partial charge in [0.1, 0.15) is 0 Å². The van der Waals surface area contributed by atoms with E-state index in [2.05, 4.69) is 58.5 Å². The van der Waals surface area contributed by atoms with Gasteiger partial charge < -0.3 is 5.32 Å². The van der Waals surface area contributed by atoms with Gasteiger partial charge >= 0.3 is 0 Å². The average Bonchev–Trinajstić information content (AvgIpc) is 2.41. The highest BCUT2D eigenvalue weighted by Crippen LogP contribution is 2.28. The summed E-state index contributed by atoms with van der Waals surface area (Å²) >= 11 is 9.65. The zero-order valence-electron chi connectivity index (χ0n) is 11.8. The van der Waals surface area contributed by atoms with Gasteiger partial charge in [0.2, 0.25) is 0 Å². The van der Waals surface area contributed by atoms with Crippen LogP contribution in [-0.2, 0) is 6.42 Å². The number of halogens is 2. The first-order chi connectivity index (χ1) is 9.63. The highest BCUT2D eigenvalue weighted by Gasteiger charge is 2.13. The molecule has 2 aromatic rings. The number of rotatable bonds is 5. The van der Waals surface area contributed by atoms with E-state index >= 15 is 0 Å². The highest BCUT2D eigenvalue weighted by atomic mass is 79.9. The fraction of sp³-hybridized carbons (Fsp3) is 0.294. The first-order valence-electron chi connectivity index (χ1n) is 6.86. The maximum absolute atomic E-state index is 6.15. The number of hydrogen-bond acceptors (Lipinski definition) is 1. The van der Waals surface area contributed by atoms with Crippen LogP contribution in [0.15, 0.2) is 46.9 Å². The van der Waals surface area contributed by atoms with Crippen LogP contribution < -0.4 is 5.32 Å². The monoisotopic (exact) mass is 351 g/mol. The zero-order valence-corrected chi connectivity index (χ0v) is 14.1. The van der Waals surface area contributed by atoms with Crippen molar-refractivity contribution in [1.82, 2.24) is 5.32 Å². The average molecular weight is 353 g/mol. The Balaban J connectivity index is 2.31. The first kappa shape index (κ1) is 15.6. The summed E-state index contributed by atoms with van der Waals surface area (Å²) in [5, 5.41) is 4.11. The van der Waals surface area contributed by atoms with Crippen molar-refractivity contribution in [3.05, 3.63) is 68.7 Å². The molecule has 1 atom stereocenters. The van der Waals surface area contributed by atoms with Crippen molar-refractivity contribution < 1.29 is 0 Å². The minimum absolute atomic E-state index is 0.153. The molecule has 0 aliphatic carbocycles. The van der Waals surface area contributed by atoms with Gasteiger partial charge in [-0.1, -0.05) is 65.1 Å². The molecule has 0 amide bonds. The lowest BCUT2D eigenvalue weighted by Gasteiger charge is -2.18. The second kappa shape index (κ2) is 7.26. The van der Waals surface area contributed by atoms with Crippen LogP contribution in [0.1, 0.15) is 36.1 Å². The van der Waals surface area contributed by atoms with Gasteiger partial charge in [-0.05, 0) is 48.4 Å². The topological polar surface area (TPSA) is 12.0 Å². The summed E-state index contributed by atoms with van der Waals surface area (Å²) in [5.74, 6) is 0. The summed E-state index contributed by atoms with van der Waals surface area (Å²) < 4.78 is 1.00. The van der Waals surface area contributed by atoms with Gasteiger partial charge in [0.15, 0.2) is 0 Å². The van der Waals surface area contributed by atoms with Gasteiger partial charge in [-0.2, -0.15) is 0 Å². The van der Waals surface area contributed by atoms with E-state index in [1.807, 2.05) is 19.2 Å². The van der Waals surface area contributed by atoms with Crippen molar-refractivity contribution in [2.24, 2.45) is 0 Å². The second-order valence-electron chi connectivity index (χ2n) is 4.92. The molecule has 0 radical (unpaired) electrons. The van der Waals surface area contributed by atoms with E-state index in [4.69, 9.17) is 11.6 Å². The molecule has 1 N–H and O–H groups in total. The summed E-state index contributed by atoms with van der Waals surface area (Å²) in [7, 11) is 1.97. The van der Waals surface area contributed by atoms with E-state index in [0.29, 0.717) is 0 Å². The SMILES string of the molecule is CCCc1ccc(C(NC)c2cc(Cl)cc(Br)c2)cc1. The third kappa shape index (κ3) is 3.85. The van der Waals surface area contributed by atoms with Crippen LogP contribution in [0.25, 0.3) is 0 Å². The Bertz CT molecular complexity index is 545. The Morgan fingerprint density at radius 1 is 1.10 bits per heavy atom. The third-order valence-corrected chi connectivity index (χ3v) is 4.03. The van der Waals surface area contributed by atoms with E-state index < -0.39 is 0 Å². The molecule has 0 bridgehead atoms. The largest absolute Gasteiger partial charge is 0.309 e. The number of nitrogens with one attached hydrogen (secondary N) is 1. The molecule has 2 aromatic carbocycles. The predicted octanol–water partition coefficient (Wildman–Crippen LogP) is 5.36.